The quantitative estimate of drug-likeness (QED) is 0.835. The Labute approximate surface area is 91.0 Å². The molecule has 0 fully saturated rings. The fourth-order valence-electron chi connectivity index (χ4n) is 0.781. The molecule has 0 bridgehead atoms. The lowest BCUT2D eigenvalue weighted by molar-refractivity contribution is 0.490. The molecule has 76 valence electrons. The first-order chi connectivity index (χ1) is 5.22. The van der Waals surface area contributed by atoms with Gasteiger partial charge in [0.1, 0.15) is 5.82 Å². The van der Waals surface area contributed by atoms with Crippen molar-refractivity contribution in [1.82, 2.24) is 9.97 Å². The van der Waals surface area contributed by atoms with Crippen molar-refractivity contribution >= 4 is 24.8 Å². The van der Waals surface area contributed by atoms with E-state index in [0.717, 1.165) is 5.82 Å². The van der Waals surface area contributed by atoms with Crippen molar-refractivity contribution in [3.05, 3.63) is 24.3 Å². The van der Waals surface area contributed by atoms with E-state index in [4.69, 9.17) is 5.73 Å². The highest BCUT2D eigenvalue weighted by Crippen LogP contribution is 2.12. The summed E-state index contributed by atoms with van der Waals surface area (Å²) in [7, 11) is 0. The minimum absolute atomic E-state index is 0. The molecule has 2 N–H and O–H groups in total. The van der Waals surface area contributed by atoms with E-state index in [1.54, 1.807) is 18.5 Å². The lowest BCUT2D eigenvalue weighted by atomic mass is 10.1. The lowest BCUT2D eigenvalue weighted by Gasteiger charge is -2.12. The molecule has 0 amide bonds. The fraction of sp³-hybridized carbons (Fsp3) is 0.500. The maximum atomic E-state index is 5.81. The normalized spacial score (nSPS) is 11.4. The molecule has 1 atom stereocenters. The van der Waals surface area contributed by atoms with Crippen LogP contribution in [0.4, 0.5) is 0 Å². The standard InChI is InChI=1S/C8H13N3.2ClH/c1-6(2)7(9)8-10-4-3-5-11-8;;/h3-7H,9H2,1-2H3;2*1H. The number of nitrogens with zero attached hydrogens (tertiary/aromatic N) is 2. The third kappa shape index (κ3) is 4.41. The smallest absolute Gasteiger partial charge is 0.145 e. The molecular formula is C8H15Cl2N3. The zero-order chi connectivity index (χ0) is 8.27. The molecule has 3 nitrogen and oxygen atoms in total. The third-order valence-electron chi connectivity index (χ3n) is 1.60. The van der Waals surface area contributed by atoms with Crippen LogP contribution in [0.15, 0.2) is 18.5 Å². The molecule has 1 rings (SSSR count). The van der Waals surface area contributed by atoms with Gasteiger partial charge in [-0.25, -0.2) is 9.97 Å². The summed E-state index contributed by atoms with van der Waals surface area (Å²) in [4.78, 5) is 8.13. The van der Waals surface area contributed by atoms with Crippen molar-refractivity contribution in [1.29, 1.82) is 0 Å². The maximum Gasteiger partial charge on any atom is 0.145 e. The van der Waals surface area contributed by atoms with Crippen molar-refractivity contribution in [3.8, 4) is 0 Å². The van der Waals surface area contributed by atoms with E-state index in [2.05, 4.69) is 23.8 Å². The zero-order valence-electron chi connectivity index (χ0n) is 7.68. The molecule has 1 heterocycles. The zero-order valence-corrected chi connectivity index (χ0v) is 9.31. The third-order valence-corrected chi connectivity index (χ3v) is 1.60. The second-order valence-corrected chi connectivity index (χ2v) is 2.88. The summed E-state index contributed by atoms with van der Waals surface area (Å²) in [5.41, 5.74) is 5.81. The average Bonchev–Trinajstić information content (AvgIpc) is 2.05. The SMILES string of the molecule is CC(C)C(N)c1ncccn1.Cl.Cl. The Kier molecular flexibility index (Phi) is 8.21. The van der Waals surface area contributed by atoms with Gasteiger partial charge in [0.05, 0.1) is 6.04 Å². The van der Waals surface area contributed by atoms with Gasteiger partial charge in [-0.1, -0.05) is 13.8 Å². The molecule has 0 spiro atoms. The van der Waals surface area contributed by atoms with Crippen molar-refractivity contribution in [2.24, 2.45) is 11.7 Å². The van der Waals surface area contributed by atoms with Crippen molar-refractivity contribution in [3.63, 3.8) is 0 Å². The summed E-state index contributed by atoms with van der Waals surface area (Å²) in [6, 6.07) is 1.74. The van der Waals surface area contributed by atoms with E-state index in [-0.39, 0.29) is 30.9 Å². The van der Waals surface area contributed by atoms with Crippen molar-refractivity contribution < 1.29 is 0 Å². The average molecular weight is 224 g/mol. The van der Waals surface area contributed by atoms with E-state index in [1.165, 1.54) is 0 Å². The van der Waals surface area contributed by atoms with Gasteiger partial charge >= 0.3 is 0 Å². The van der Waals surface area contributed by atoms with Crippen molar-refractivity contribution in [2.45, 2.75) is 19.9 Å². The van der Waals surface area contributed by atoms with Crippen LogP contribution in [0.1, 0.15) is 25.7 Å². The number of hydrogen-bond donors (Lipinski definition) is 1. The van der Waals surface area contributed by atoms with Gasteiger partial charge < -0.3 is 5.73 Å². The van der Waals surface area contributed by atoms with E-state index in [0.29, 0.717) is 5.92 Å². The number of halogens is 2. The maximum absolute atomic E-state index is 5.81. The molecule has 0 aliphatic rings. The van der Waals surface area contributed by atoms with Gasteiger partial charge in [-0.05, 0) is 12.0 Å². The molecule has 0 radical (unpaired) electrons. The highest BCUT2D eigenvalue weighted by Gasteiger charge is 2.11. The summed E-state index contributed by atoms with van der Waals surface area (Å²) in [6.07, 6.45) is 3.43. The lowest BCUT2D eigenvalue weighted by Crippen LogP contribution is -2.19. The van der Waals surface area contributed by atoms with Crippen LogP contribution in [0.3, 0.4) is 0 Å². The number of nitrogens with two attached hydrogens (primary N) is 1. The predicted molar refractivity (Wildman–Crippen MR) is 58.3 cm³/mol. The predicted octanol–water partition coefficient (Wildman–Crippen LogP) is 1.98. The number of hydrogen-bond acceptors (Lipinski definition) is 3. The largest absolute Gasteiger partial charge is 0.321 e. The van der Waals surface area contributed by atoms with Gasteiger partial charge in [-0.2, -0.15) is 0 Å². The molecule has 0 aromatic carbocycles. The topological polar surface area (TPSA) is 51.8 Å². The Balaban J connectivity index is 0. The fourth-order valence-corrected chi connectivity index (χ4v) is 0.781. The van der Waals surface area contributed by atoms with Gasteiger partial charge in [-0.3, -0.25) is 0 Å². The Bertz CT molecular complexity index is 216. The molecule has 0 aliphatic heterocycles. The molecular weight excluding hydrogens is 209 g/mol. The van der Waals surface area contributed by atoms with E-state index in [9.17, 15) is 0 Å². The minimum Gasteiger partial charge on any atom is -0.321 e. The summed E-state index contributed by atoms with van der Waals surface area (Å²) >= 11 is 0. The molecule has 1 aromatic rings. The van der Waals surface area contributed by atoms with Gasteiger partial charge in [0.15, 0.2) is 0 Å². The Morgan fingerprint density at radius 3 is 2.00 bits per heavy atom. The van der Waals surface area contributed by atoms with Crippen LogP contribution in [-0.2, 0) is 0 Å². The van der Waals surface area contributed by atoms with Crippen LogP contribution in [-0.4, -0.2) is 9.97 Å². The summed E-state index contributed by atoms with van der Waals surface area (Å²) < 4.78 is 0. The highest BCUT2D eigenvalue weighted by atomic mass is 35.5. The molecule has 5 heteroatoms. The first kappa shape index (κ1) is 15.1. The molecule has 13 heavy (non-hydrogen) atoms. The van der Waals surface area contributed by atoms with Gasteiger partial charge in [0, 0.05) is 12.4 Å². The molecule has 0 saturated heterocycles. The monoisotopic (exact) mass is 223 g/mol. The number of aromatic nitrogens is 2. The van der Waals surface area contributed by atoms with E-state index >= 15 is 0 Å². The Morgan fingerprint density at radius 2 is 1.62 bits per heavy atom. The van der Waals surface area contributed by atoms with Crippen LogP contribution in [0, 0.1) is 5.92 Å². The van der Waals surface area contributed by atoms with Crippen LogP contribution in [0.25, 0.3) is 0 Å². The van der Waals surface area contributed by atoms with Gasteiger partial charge in [-0.15, -0.1) is 24.8 Å². The van der Waals surface area contributed by atoms with Crippen LogP contribution in [0.2, 0.25) is 0 Å². The number of rotatable bonds is 2. The second-order valence-electron chi connectivity index (χ2n) is 2.88. The van der Waals surface area contributed by atoms with Gasteiger partial charge in [0.2, 0.25) is 0 Å². The summed E-state index contributed by atoms with van der Waals surface area (Å²) in [5, 5.41) is 0. The minimum atomic E-state index is -0.0452. The van der Waals surface area contributed by atoms with Crippen LogP contribution < -0.4 is 5.73 Å². The van der Waals surface area contributed by atoms with Crippen LogP contribution in [0.5, 0.6) is 0 Å². The first-order valence-corrected chi connectivity index (χ1v) is 3.74. The summed E-state index contributed by atoms with van der Waals surface area (Å²) in [5.74, 6) is 1.11. The molecule has 0 saturated carbocycles. The summed E-state index contributed by atoms with van der Waals surface area (Å²) in [6.45, 7) is 4.11. The molecule has 1 unspecified atom stereocenters. The molecule has 0 aliphatic carbocycles. The van der Waals surface area contributed by atoms with Crippen molar-refractivity contribution in [2.75, 3.05) is 0 Å². The van der Waals surface area contributed by atoms with E-state index < -0.39 is 0 Å². The van der Waals surface area contributed by atoms with Crippen LogP contribution >= 0.6 is 24.8 Å². The first-order valence-electron chi connectivity index (χ1n) is 3.74. The van der Waals surface area contributed by atoms with Gasteiger partial charge in [0.25, 0.3) is 0 Å². The van der Waals surface area contributed by atoms with E-state index in [1.807, 2.05) is 0 Å². The Morgan fingerprint density at radius 1 is 1.15 bits per heavy atom. The molecule has 1 aromatic heterocycles. The highest BCUT2D eigenvalue weighted by molar-refractivity contribution is 5.85. The second kappa shape index (κ2) is 7.06. The Hall–Kier alpha value is -0.380.